The summed E-state index contributed by atoms with van der Waals surface area (Å²) in [7, 11) is 0. The molecule has 0 heterocycles. The van der Waals surface area contributed by atoms with Gasteiger partial charge in [0.25, 0.3) is 5.91 Å². The minimum Gasteiger partial charge on any atom is -0.508 e. The van der Waals surface area contributed by atoms with Crippen LogP contribution >= 0.6 is 27.5 Å². The van der Waals surface area contributed by atoms with E-state index in [1.807, 2.05) is 0 Å². The number of aromatic hydroxyl groups is 1. The summed E-state index contributed by atoms with van der Waals surface area (Å²) in [4.78, 5) is 24.4. The number of ether oxygens (including phenoxy) is 1. The zero-order chi connectivity index (χ0) is 20.8. The van der Waals surface area contributed by atoms with E-state index in [4.69, 9.17) is 16.3 Å². The Bertz CT molecular complexity index is 1070. The number of hydrazone groups is 1. The molecule has 3 aromatic carbocycles. The zero-order valence-corrected chi connectivity index (χ0v) is 17.1. The van der Waals surface area contributed by atoms with Gasteiger partial charge >= 0.3 is 5.97 Å². The first kappa shape index (κ1) is 20.6. The van der Waals surface area contributed by atoms with Crippen molar-refractivity contribution in [1.82, 2.24) is 5.43 Å². The van der Waals surface area contributed by atoms with Crippen molar-refractivity contribution in [2.75, 3.05) is 0 Å². The van der Waals surface area contributed by atoms with Crippen molar-refractivity contribution in [3.05, 3.63) is 92.9 Å². The zero-order valence-electron chi connectivity index (χ0n) is 14.8. The molecule has 8 heteroatoms. The standard InChI is InChI=1S/C21H14BrClN2O4/c22-16-5-10-19(29-21(28)14-1-6-17(23)7-2-14)15(11-16)12-24-25-20(27)13-3-8-18(26)9-4-13/h1-12,26H,(H,25,27)/b24-12+. The molecule has 0 aromatic heterocycles. The molecule has 0 aliphatic heterocycles. The van der Waals surface area contributed by atoms with E-state index >= 15 is 0 Å². The Balaban J connectivity index is 1.73. The molecule has 0 saturated carbocycles. The molecular weight excluding hydrogens is 460 g/mol. The third-order valence-electron chi connectivity index (χ3n) is 3.75. The van der Waals surface area contributed by atoms with E-state index in [-0.39, 0.29) is 11.5 Å². The second-order valence-electron chi connectivity index (χ2n) is 5.82. The van der Waals surface area contributed by atoms with Crippen molar-refractivity contribution in [1.29, 1.82) is 0 Å². The first-order valence-electron chi connectivity index (χ1n) is 8.32. The van der Waals surface area contributed by atoms with E-state index in [2.05, 4.69) is 26.5 Å². The number of halogens is 2. The first-order valence-corrected chi connectivity index (χ1v) is 9.49. The maximum atomic E-state index is 12.3. The van der Waals surface area contributed by atoms with Crippen LogP contribution in [0.1, 0.15) is 26.3 Å². The lowest BCUT2D eigenvalue weighted by Crippen LogP contribution is -2.17. The molecule has 6 nitrogen and oxygen atoms in total. The van der Waals surface area contributed by atoms with Gasteiger partial charge in [0.05, 0.1) is 11.8 Å². The first-order chi connectivity index (χ1) is 13.9. The van der Waals surface area contributed by atoms with Crippen LogP contribution in [-0.4, -0.2) is 23.2 Å². The van der Waals surface area contributed by atoms with Gasteiger partial charge in [0.2, 0.25) is 0 Å². The number of carbonyl (C=O) groups excluding carboxylic acids is 2. The third kappa shape index (κ3) is 5.66. The molecule has 1 amide bonds. The van der Waals surface area contributed by atoms with Crippen molar-refractivity contribution in [2.45, 2.75) is 0 Å². The van der Waals surface area contributed by atoms with Crippen LogP contribution in [0.2, 0.25) is 5.02 Å². The molecule has 0 aliphatic rings. The number of phenolic OH excluding ortho intramolecular Hbond substituents is 1. The topological polar surface area (TPSA) is 88.0 Å². The fourth-order valence-electron chi connectivity index (χ4n) is 2.30. The summed E-state index contributed by atoms with van der Waals surface area (Å²) in [5.41, 5.74) is 3.55. The molecule has 2 N–H and O–H groups in total. The maximum Gasteiger partial charge on any atom is 0.343 e. The van der Waals surface area contributed by atoms with Gasteiger partial charge in [-0.3, -0.25) is 4.79 Å². The van der Waals surface area contributed by atoms with E-state index < -0.39 is 11.9 Å². The highest BCUT2D eigenvalue weighted by atomic mass is 79.9. The lowest BCUT2D eigenvalue weighted by atomic mass is 10.2. The Labute approximate surface area is 179 Å². The molecule has 0 unspecified atom stereocenters. The summed E-state index contributed by atoms with van der Waals surface area (Å²) in [5.74, 6) is -0.662. The van der Waals surface area contributed by atoms with E-state index in [1.165, 1.54) is 30.5 Å². The van der Waals surface area contributed by atoms with Crippen molar-refractivity contribution in [2.24, 2.45) is 5.10 Å². The number of nitrogens with one attached hydrogen (secondary N) is 1. The normalized spacial score (nSPS) is 10.7. The van der Waals surface area contributed by atoms with Crippen LogP contribution in [0.25, 0.3) is 0 Å². The fraction of sp³-hybridized carbons (Fsp3) is 0. The highest BCUT2D eigenvalue weighted by molar-refractivity contribution is 9.10. The molecule has 0 saturated heterocycles. The van der Waals surface area contributed by atoms with Gasteiger partial charge in [-0.15, -0.1) is 0 Å². The minimum absolute atomic E-state index is 0.0614. The summed E-state index contributed by atoms with van der Waals surface area (Å²) in [6.07, 6.45) is 1.37. The predicted octanol–water partition coefficient (Wildman–Crippen LogP) is 4.79. The minimum atomic E-state index is -0.549. The van der Waals surface area contributed by atoms with Gasteiger partial charge < -0.3 is 9.84 Å². The summed E-state index contributed by atoms with van der Waals surface area (Å²) in [6.45, 7) is 0. The number of phenols is 1. The highest BCUT2D eigenvalue weighted by Gasteiger charge is 2.12. The van der Waals surface area contributed by atoms with Gasteiger partial charge in [-0.1, -0.05) is 27.5 Å². The van der Waals surface area contributed by atoms with Gasteiger partial charge in [-0.25, -0.2) is 10.2 Å². The Morgan fingerprint density at radius 3 is 2.34 bits per heavy atom. The Kier molecular flexibility index (Phi) is 6.64. The molecule has 146 valence electrons. The van der Waals surface area contributed by atoms with Crippen molar-refractivity contribution in [3.63, 3.8) is 0 Å². The Morgan fingerprint density at radius 2 is 1.66 bits per heavy atom. The van der Waals surface area contributed by atoms with Crippen LogP contribution in [0.15, 0.2) is 76.3 Å². The number of benzene rings is 3. The average Bonchev–Trinajstić information content (AvgIpc) is 2.70. The van der Waals surface area contributed by atoms with Crippen LogP contribution in [0, 0.1) is 0 Å². The molecule has 0 bridgehead atoms. The molecule has 0 fully saturated rings. The quantitative estimate of drug-likeness (QED) is 0.241. The monoisotopic (exact) mass is 472 g/mol. The molecule has 3 aromatic rings. The molecular formula is C21H14BrClN2O4. The third-order valence-corrected chi connectivity index (χ3v) is 4.50. The van der Waals surface area contributed by atoms with Crippen LogP contribution in [0.3, 0.4) is 0 Å². The van der Waals surface area contributed by atoms with E-state index in [0.29, 0.717) is 21.7 Å². The van der Waals surface area contributed by atoms with Crippen LogP contribution in [-0.2, 0) is 0 Å². The SMILES string of the molecule is O=C(N/N=C/c1cc(Br)ccc1OC(=O)c1ccc(Cl)cc1)c1ccc(O)cc1. The second-order valence-corrected chi connectivity index (χ2v) is 7.18. The van der Waals surface area contributed by atoms with Crippen LogP contribution < -0.4 is 10.2 Å². The van der Waals surface area contributed by atoms with Crippen LogP contribution in [0.5, 0.6) is 11.5 Å². The lowest BCUT2D eigenvalue weighted by Gasteiger charge is -2.08. The summed E-state index contributed by atoms with van der Waals surface area (Å²) in [6, 6.07) is 17.1. The summed E-state index contributed by atoms with van der Waals surface area (Å²) >= 11 is 9.18. The van der Waals surface area contributed by atoms with E-state index in [1.54, 1.807) is 42.5 Å². The lowest BCUT2D eigenvalue weighted by molar-refractivity contribution is 0.0734. The number of rotatable bonds is 5. The van der Waals surface area contributed by atoms with Crippen molar-refractivity contribution >= 4 is 45.6 Å². The fourth-order valence-corrected chi connectivity index (χ4v) is 2.80. The van der Waals surface area contributed by atoms with Crippen molar-refractivity contribution in [3.8, 4) is 11.5 Å². The summed E-state index contributed by atoms with van der Waals surface area (Å²) in [5, 5.41) is 13.7. The molecule has 0 atom stereocenters. The Hall–Kier alpha value is -3.16. The molecule has 3 rings (SSSR count). The van der Waals surface area contributed by atoms with Crippen molar-refractivity contribution < 1.29 is 19.4 Å². The molecule has 29 heavy (non-hydrogen) atoms. The second kappa shape index (κ2) is 9.36. The molecule has 0 aliphatic carbocycles. The number of hydrogen-bond donors (Lipinski definition) is 2. The highest BCUT2D eigenvalue weighted by Crippen LogP contribution is 2.23. The van der Waals surface area contributed by atoms with Gasteiger partial charge in [-0.2, -0.15) is 5.10 Å². The number of nitrogens with zero attached hydrogens (tertiary/aromatic N) is 1. The van der Waals surface area contributed by atoms with E-state index in [0.717, 1.165) is 4.47 Å². The van der Waals surface area contributed by atoms with E-state index in [9.17, 15) is 14.7 Å². The largest absolute Gasteiger partial charge is 0.508 e. The number of hydrogen-bond acceptors (Lipinski definition) is 5. The van der Waals surface area contributed by atoms with Gasteiger partial charge in [0, 0.05) is 20.6 Å². The Morgan fingerprint density at radius 1 is 1.00 bits per heavy atom. The maximum absolute atomic E-state index is 12.3. The number of esters is 1. The number of amides is 1. The molecule has 0 radical (unpaired) electrons. The predicted molar refractivity (Wildman–Crippen MR) is 114 cm³/mol. The van der Waals surface area contributed by atoms with Gasteiger partial charge in [0.15, 0.2) is 0 Å². The summed E-state index contributed by atoms with van der Waals surface area (Å²) < 4.78 is 6.19. The van der Waals surface area contributed by atoms with Crippen LogP contribution in [0.4, 0.5) is 0 Å². The molecule has 0 spiro atoms. The van der Waals surface area contributed by atoms with Gasteiger partial charge in [-0.05, 0) is 66.7 Å². The number of carbonyl (C=O) groups is 2. The average molecular weight is 474 g/mol. The smallest absolute Gasteiger partial charge is 0.343 e. The van der Waals surface area contributed by atoms with Gasteiger partial charge in [0.1, 0.15) is 11.5 Å².